The standard InChI is InChI=1S/C15H21N3O3/c1-11-3-4-12(2)14(7-11)20-9-13(19)8-16-6-5-15-17-10-18-21-15/h3-4,7,10,13,16,19H,5-6,8-9H2,1-2H3. The second-order valence-electron chi connectivity index (χ2n) is 5.02. The number of hydrogen-bond donors (Lipinski definition) is 2. The quantitative estimate of drug-likeness (QED) is 0.713. The first kappa shape index (κ1) is 15.5. The van der Waals surface area contributed by atoms with Gasteiger partial charge in [-0.1, -0.05) is 17.3 Å². The fourth-order valence-corrected chi connectivity index (χ4v) is 1.88. The van der Waals surface area contributed by atoms with Crippen LogP contribution in [0.25, 0.3) is 0 Å². The summed E-state index contributed by atoms with van der Waals surface area (Å²) in [5, 5.41) is 16.5. The van der Waals surface area contributed by atoms with E-state index < -0.39 is 6.10 Å². The molecule has 0 saturated heterocycles. The molecule has 1 unspecified atom stereocenters. The molecule has 0 aliphatic rings. The molecule has 0 amide bonds. The van der Waals surface area contributed by atoms with E-state index in [9.17, 15) is 5.11 Å². The second-order valence-corrected chi connectivity index (χ2v) is 5.02. The van der Waals surface area contributed by atoms with Gasteiger partial charge in [0.2, 0.25) is 5.89 Å². The Kier molecular flexibility index (Phi) is 5.71. The van der Waals surface area contributed by atoms with Crippen LogP contribution in [0.2, 0.25) is 0 Å². The molecular weight excluding hydrogens is 270 g/mol. The monoisotopic (exact) mass is 291 g/mol. The fourth-order valence-electron chi connectivity index (χ4n) is 1.88. The lowest BCUT2D eigenvalue weighted by Crippen LogP contribution is -2.32. The number of aliphatic hydroxyl groups excluding tert-OH is 1. The Morgan fingerprint density at radius 1 is 1.38 bits per heavy atom. The number of benzene rings is 1. The third-order valence-corrected chi connectivity index (χ3v) is 3.08. The minimum atomic E-state index is -0.562. The smallest absolute Gasteiger partial charge is 0.227 e. The third kappa shape index (κ3) is 5.17. The number of aryl methyl sites for hydroxylation is 2. The average Bonchev–Trinajstić information content (AvgIpc) is 2.98. The van der Waals surface area contributed by atoms with Gasteiger partial charge in [-0.25, -0.2) is 0 Å². The van der Waals surface area contributed by atoms with Crippen molar-refractivity contribution in [2.75, 3.05) is 19.7 Å². The topological polar surface area (TPSA) is 80.4 Å². The summed E-state index contributed by atoms with van der Waals surface area (Å²) in [6.07, 6.45) is 1.46. The summed E-state index contributed by atoms with van der Waals surface area (Å²) >= 11 is 0. The maximum atomic E-state index is 9.89. The number of hydrogen-bond acceptors (Lipinski definition) is 6. The number of nitrogens with one attached hydrogen (secondary N) is 1. The lowest BCUT2D eigenvalue weighted by atomic mass is 10.1. The number of rotatable bonds is 8. The minimum absolute atomic E-state index is 0.262. The van der Waals surface area contributed by atoms with E-state index in [2.05, 4.69) is 15.5 Å². The Bertz CT molecular complexity index is 543. The van der Waals surface area contributed by atoms with Crippen LogP contribution < -0.4 is 10.1 Å². The van der Waals surface area contributed by atoms with Crippen LogP contribution in [-0.2, 0) is 6.42 Å². The van der Waals surface area contributed by atoms with Crippen LogP contribution in [0, 0.1) is 13.8 Å². The van der Waals surface area contributed by atoms with Gasteiger partial charge in [-0.15, -0.1) is 0 Å². The van der Waals surface area contributed by atoms with E-state index in [-0.39, 0.29) is 6.61 Å². The Hall–Kier alpha value is -1.92. The normalized spacial score (nSPS) is 12.3. The van der Waals surface area contributed by atoms with Crippen LogP contribution in [0.5, 0.6) is 5.75 Å². The molecule has 1 aromatic carbocycles. The number of ether oxygens (including phenoxy) is 1. The molecule has 0 saturated carbocycles. The molecule has 0 aliphatic heterocycles. The molecule has 1 aromatic heterocycles. The lowest BCUT2D eigenvalue weighted by molar-refractivity contribution is 0.106. The van der Waals surface area contributed by atoms with Crippen LogP contribution in [-0.4, -0.2) is 41.0 Å². The maximum Gasteiger partial charge on any atom is 0.227 e. The van der Waals surface area contributed by atoms with Crippen LogP contribution in [0.1, 0.15) is 17.0 Å². The molecule has 1 heterocycles. The van der Waals surface area contributed by atoms with Crippen molar-refractivity contribution in [1.82, 2.24) is 15.5 Å². The zero-order valence-electron chi connectivity index (χ0n) is 12.4. The highest BCUT2D eigenvalue weighted by Gasteiger charge is 2.07. The third-order valence-electron chi connectivity index (χ3n) is 3.08. The number of aromatic nitrogens is 2. The van der Waals surface area contributed by atoms with Gasteiger partial charge in [0.1, 0.15) is 18.5 Å². The van der Waals surface area contributed by atoms with Crippen molar-refractivity contribution in [3.8, 4) is 5.75 Å². The largest absolute Gasteiger partial charge is 0.491 e. The molecule has 6 heteroatoms. The summed E-state index contributed by atoms with van der Waals surface area (Å²) < 4.78 is 10.5. The Balaban J connectivity index is 1.65. The molecule has 114 valence electrons. The molecule has 21 heavy (non-hydrogen) atoms. The van der Waals surface area contributed by atoms with Crippen molar-refractivity contribution >= 4 is 0 Å². The van der Waals surface area contributed by atoms with Gasteiger partial charge in [-0.05, 0) is 31.0 Å². The van der Waals surface area contributed by atoms with Gasteiger partial charge in [-0.2, -0.15) is 4.98 Å². The predicted octanol–water partition coefficient (Wildman–Crippen LogP) is 1.26. The van der Waals surface area contributed by atoms with Gasteiger partial charge in [0.15, 0.2) is 6.33 Å². The van der Waals surface area contributed by atoms with E-state index in [1.54, 1.807) is 0 Å². The first-order chi connectivity index (χ1) is 10.1. The van der Waals surface area contributed by atoms with E-state index in [4.69, 9.17) is 9.26 Å². The van der Waals surface area contributed by atoms with Crippen molar-refractivity contribution in [2.24, 2.45) is 0 Å². The fraction of sp³-hybridized carbons (Fsp3) is 0.467. The van der Waals surface area contributed by atoms with Crippen molar-refractivity contribution in [2.45, 2.75) is 26.4 Å². The number of nitrogens with zero attached hydrogens (tertiary/aromatic N) is 2. The summed E-state index contributed by atoms with van der Waals surface area (Å²) in [6, 6.07) is 6.03. The highest BCUT2D eigenvalue weighted by molar-refractivity contribution is 5.35. The lowest BCUT2D eigenvalue weighted by Gasteiger charge is -2.14. The van der Waals surface area contributed by atoms with Crippen molar-refractivity contribution < 1.29 is 14.4 Å². The predicted molar refractivity (Wildman–Crippen MR) is 78.3 cm³/mol. The zero-order valence-corrected chi connectivity index (χ0v) is 12.4. The molecule has 2 rings (SSSR count). The molecular formula is C15H21N3O3. The van der Waals surface area contributed by atoms with Crippen LogP contribution >= 0.6 is 0 Å². The first-order valence-electron chi connectivity index (χ1n) is 6.99. The summed E-state index contributed by atoms with van der Waals surface area (Å²) in [7, 11) is 0. The molecule has 0 radical (unpaired) electrons. The maximum absolute atomic E-state index is 9.89. The zero-order chi connectivity index (χ0) is 15.1. The molecule has 0 aliphatic carbocycles. The van der Waals surface area contributed by atoms with Crippen LogP contribution in [0.15, 0.2) is 29.0 Å². The van der Waals surface area contributed by atoms with Gasteiger partial charge in [0.05, 0.1) is 0 Å². The molecule has 0 bridgehead atoms. The van der Waals surface area contributed by atoms with E-state index >= 15 is 0 Å². The number of aliphatic hydroxyl groups is 1. The Labute approximate surface area is 124 Å². The Morgan fingerprint density at radius 2 is 2.24 bits per heavy atom. The van der Waals surface area contributed by atoms with Crippen molar-refractivity contribution in [3.63, 3.8) is 0 Å². The van der Waals surface area contributed by atoms with E-state index in [1.165, 1.54) is 6.33 Å². The van der Waals surface area contributed by atoms with Gasteiger partial charge in [-0.3, -0.25) is 0 Å². The van der Waals surface area contributed by atoms with Gasteiger partial charge < -0.3 is 19.7 Å². The van der Waals surface area contributed by atoms with E-state index in [0.29, 0.717) is 25.4 Å². The highest BCUT2D eigenvalue weighted by Crippen LogP contribution is 2.19. The van der Waals surface area contributed by atoms with Crippen LogP contribution in [0.4, 0.5) is 0 Å². The van der Waals surface area contributed by atoms with Gasteiger partial charge in [0.25, 0.3) is 0 Å². The van der Waals surface area contributed by atoms with Gasteiger partial charge >= 0.3 is 0 Å². The Morgan fingerprint density at radius 3 is 3.00 bits per heavy atom. The summed E-state index contributed by atoms with van der Waals surface area (Å²) in [6.45, 7) is 5.39. The molecule has 2 N–H and O–H groups in total. The molecule has 6 nitrogen and oxygen atoms in total. The van der Waals surface area contributed by atoms with E-state index in [1.807, 2.05) is 32.0 Å². The van der Waals surface area contributed by atoms with Crippen molar-refractivity contribution in [1.29, 1.82) is 0 Å². The van der Waals surface area contributed by atoms with Crippen LogP contribution in [0.3, 0.4) is 0 Å². The SMILES string of the molecule is Cc1ccc(C)c(OCC(O)CNCCc2ncno2)c1. The summed E-state index contributed by atoms with van der Waals surface area (Å²) in [4.78, 5) is 3.92. The summed E-state index contributed by atoms with van der Waals surface area (Å²) in [5.41, 5.74) is 2.21. The summed E-state index contributed by atoms with van der Waals surface area (Å²) in [5.74, 6) is 1.41. The highest BCUT2D eigenvalue weighted by atomic mass is 16.5. The molecule has 0 fully saturated rings. The van der Waals surface area contributed by atoms with E-state index in [0.717, 1.165) is 16.9 Å². The molecule has 1 atom stereocenters. The molecule has 0 spiro atoms. The first-order valence-corrected chi connectivity index (χ1v) is 6.99. The molecule has 2 aromatic rings. The van der Waals surface area contributed by atoms with Crippen molar-refractivity contribution in [3.05, 3.63) is 41.5 Å². The van der Waals surface area contributed by atoms with Gasteiger partial charge in [0, 0.05) is 19.5 Å². The second kappa shape index (κ2) is 7.75. The minimum Gasteiger partial charge on any atom is -0.491 e. The average molecular weight is 291 g/mol.